The van der Waals surface area contributed by atoms with Crippen molar-refractivity contribution in [2.45, 2.75) is 6.61 Å². The predicted octanol–water partition coefficient (Wildman–Crippen LogP) is 2.14. The Morgan fingerprint density at radius 3 is 2.94 bits per heavy atom. The highest BCUT2D eigenvalue weighted by atomic mass is 35.5. The quantitative estimate of drug-likeness (QED) is 0.913. The van der Waals surface area contributed by atoms with Crippen LogP contribution in [-0.2, 0) is 6.61 Å². The van der Waals surface area contributed by atoms with E-state index in [0.717, 1.165) is 6.07 Å². The molecule has 0 unspecified atom stereocenters. The highest BCUT2D eigenvalue weighted by Crippen LogP contribution is 2.21. The average Bonchev–Trinajstić information content (AvgIpc) is 2.28. The van der Waals surface area contributed by atoms with Crippen LogP contribution in [-0.4, -0.2) is 9.97 Å². The summed E-state index contributed by atoms with van der Waals surface area (Å²) in [5, 5.41) is 0.293. The molecule has 0 atom stereocenters. The van der Waals surface area contributed by atoms with Crippen LogP contribution in [0.1, 0.15) is 5.82 Å². The molecule has 88 valence electrons. The van der Waals surface area contributed by atoms with Crippen molar-refractivity contribution in [3.8, 4) is 5.75 Å². The molecule has 0 spiro atoms. The molecule has 0 fully saturated rings. The number of halogens is 2. The predicted molar refractivity (Wildman–Crippen MR) is 60.6 cm³/mol. The van der Waals surface area contributed by atoms with Gasteiger partial charge in [0.2, 0.25) is 0 Å². The molecular weight excluding hydrogens is 247 g/mol. The van der Waals surface area contributed by atoms with Gasteiger partial charge in [-0.1, -0.05) is 11.6 Å². The number of nitrogens with zero attached hydrogens (tertiary/aromatic N) is 1. The Kier molecular flexibility index (Phi) is 3.39. The molecule has 1 aromatic heterocycles. The summed E-state index contributed by atoms with van der Waals surface area (Å²) in [6.07, 6.45) is 1.36. The molecular formula is C11H8ClFN2O2. The molecule has 17 heavy (non-hydrogen) atoms. The minimum atomic E-state index is -0.559. The van der Waals surface area contributed by atoms with Crippen LogP contribution in [0.4, 0.5) is 4.39 Å². The number of nitrogens with one attached hydrogen (secondary N) is 1. The van der Waals surface area contributed by atoms with Crippen LogP contribution in [0.3, 0.4) is 0 Å². The van der Waals surface area contributed by atoms with E-state index in [1.807, 2.05) is 0 Å². The Morgan fingerprint density at radius 1 is 1.41 bits per heavy atom. The molecule has 0 bridgehead atoms. The zero-order valence-corrected chi connectivity index (χ0v) is 9.37. The van der Waals surface area contributed by atoms with E-state index in [-0.39, 0.29) is 17.9 Å². The second kappa shape index (κ2) is 4.97. The fraction of sp³-hybridized carbons (Fsp3) is 0.0909. The summed E-state index contributed by atoms with van der Waals surface area (Å²) in [6.45, 7) is -0.0192. The van der Waals surface area contributed by atoms with Crippen molar-refractivity contribution in [2.24, 2.45) is 0 Å². The first-order chi connectivity index (χ1) is 8.15. The fourth-order valence-electron chi connectivity index (χ4n) is 1.22. The third kappa shape index (κ3) is 3.04. The van der Waals surface area contributed by atoms with E-state index in [9.17, 15) is 9.18 Å². The normalized spacial score (nSPS) is 10.2. The number of aromatic nitrogens is 2. The van der Waals surface area contributed by atoms with Gasteiger partial charge in [0, 0.05) is 17.3 Å². The van der Waals surface area contributed by atoms with Gasteiger partial charge >= 0.3 is 0 Å². The highest BCUT2D eigenvalue weighted by molar-refractivity contribution is 6.30. The van der Waals surface area contributed by atoms with Crippen LogP contribution < -0.4 is 10.3 Å². The maximum atomic E-state index is 13.3. The van der Waals surface area contributed by atoms with E-state index in [1.54, 1.807) is 0 Å². The van der Waals surface area contributed by atoms with Gasteiger partial charge < -0.3 is 9.72 Å². The smallest absolute Gasteiger partial charge is 0.250 e. The van der Waals surface area contributed by atoms with Gasteiger partial charge in [-0.25, -0.2) is 9.37 Å². The molecule has 0 aliphatic rings. The monoisotopic (exact) mass is 254 g/mol. The van der Waals surface area contributed by atoms with Gasteiger partial charge in [0.15, 0.2) is 11.6 Å². The van der Waals surface area contributed by atoms with E-state index in [0.29, 0.717) is 10.8 Å². The summed E-state index contributed by atoms with van der Waals surface area (Å²) in [5.41, 5.74) is -0.282. The molecule has 0 aliphatic carbocycles. The van der Waals surface area contributed by atoms with Crippen molar-refractivity contribution in [1.29, 1.82) is 0 Å². The number of ether oxygens (including phenoxy) is 1. The third-order valence-corrected chi connectivity index (χ3v) is 2.22. The molecule has 6 heteroatoms. The Bertz CT molecular complexity index is 586. The fourth-order valence-corrected chi connectivity index (χ4v) is 1.38. The SMILES string of the molecule is O=c1ccnc(COc2ccc(Cl)cc2F)[nH]1. The lowest BCUT2D eigenvalue weighted by molar-refractivity contribution is 0.280. The van der Waals surface area contributed by atoms with Crippen LogP contribution in [0, 0.1) is 5.82 Å². The van der Waals surface area contributed by atoms with Crippen molar-refractivity contribution in [1.82, 2.24) is 9.97 Å². The van der Waals surface area contributed by atoms with Crippen molar-refractivity contribution in [3.63, 3.8) is 0 Å². The first kappa shape index (κ1) is 11.6. The Labute approximate surface area is 101 Å². The van der Waals surface area contributed by atoms with E-state index in [2.05, 4.69) is 9.97 Å². The lowest BCUT2D eigenvalue weighted by atomic mass is 10.3. The zero-order chi connectivity index (χ0) is 12.3. The van der Waals surface area contributed by atoms with E-state index in [1.165, 1.54) is 24.4 Å². The second-order valence-electron chi connectivity index (χ2n) is 3.24. The molecule has 0 radical (unpaired) electrons. The maximum Gasteiger partial charge on any atom is 0.250 e. The second-order valence-corrected chi connectivity index (χ2v) is 3.68. The van der Waals surface area contributed by atoms with Gasteiger partial charge in [-0.3, -0.25) is 4.79 Å². The summed E-state index contributed by atoms with van der Waals surface area (Å²) in [7, 11) is 0. The largest absolute Gasteiger partial charge is 0.483 e. The van der Waals surface area contributed by atoms with Crippen molar-refractivity contribution in [2.75, 3.05) is 0 Å². The lowest BCUT2D eigenvalue weighted by Gasteiger charge is -2.06. The molecule has 0 amide bonds. The minimum Gasteiger partial charge on any atom is -0.483 e. The van der Waals surface area contributed by atoms with Crippen LogP contribution in [0.25, 0.3) is 0 Å². The van der Waals surface area contributed by atoms with Crippen molar-refractivity contribution < 1.29 is 9.13 Å². The van der Waals surface area contributed by atoms with Crippen LogP contribution in [0.15, 0.2) is 35.3 Å². The molecule has 1 N–H and O–H groups in total. The first-order valence-electron chi connectivity index (χ1n) is 4.77. The minimum absolute atomic E-state index is 0.0192. The number of benzene rings is 1. The van der Waals surface area contributed by atoms with Crippen molar-refractivity contribution >= 4 is 11.6 Å². The standard InChI is InChI=1S/C11H8ClFN2O2/c12-7-1-2-9(8(13)5-7)17-6-10-14-4-3-11(16)15-10/h1-5H,6H2,(H,14,15,16). The summed E-state index contributed by atoms with van der Waals surface area (Å²) >= 11 is 5.60. The number of aromatic amines is 1. The molecule has 0 saturated heterocycles. The highest BCUT2D eigenvalue weighted by Gasteiger charge is 2.05. The summed E-state index contributed by atoms with van der Waals surface area (Å²) in [6, 6.07) is 5.37. The van der Waals surface area contributed by atoms with E-state index in [4.69, 9.17) is 16.3 Å². The van der Waals surface area contributed by atoms with Gasteiger partial charge in [0.25, 0.3) is 5.56 Å². The zero-order valence-electron chi connectivity index (χ0n) is 8.61. The van der Waals surface area contributed by atoms with Gasteiger partial charge in [0.1, 0.15) is 12.4 Å². The number of H-pyrrole nitrogens is 1. The van der Waals surface area contributed by atoms with Crippen LogP contribution >= 0.6 is 11.6 Å². The number of rotatable bonds is 3. The number of hydrogen-bond acceptors (Lipinski definition) is 3. The van der Waals surface area contributed by atoms with Crippen LogP contribution in [0.5, 0.6) is 5.75 Å². The Hall–Kier alpha value is -1.88. The lowest BCUT2D eigenvalue weighted by Crippen LogP contribution is -2.11. The summed E-state index contributed by atoms with van der Waals surface area (Å²) in [5.74, 6) is -0.177. The first-order valence-corrected chi connectivity index (χ1v) is 5.15. The Morgan fingerprint density at radius 2 is 2.24 bits per heavy atom. The van der Waals surface area contributed by atoms with Gasteiger partial charge in [-0.2, -0.15) is 0 Å². The van der Waals surface area contributed by atoms with E-state index < -0.39 is 5.82 Å². The van der Waals surface area contributed by atoms with Gasteiger partial charge in [-0.05, 0) is 18.2 Å². The molecule has 0 saturated carbocycles. The molecule has 1 aromatic carbocycles. The maximum absolute atomic E-state index is 13.3. The van der Waals surface area contributed by atoms with Gasteiger partial charge in [0.05, 0.1) is 0 Å². The van der Waals surface area contributed by atoms with Crippen molar-refractivity contribution in [3.05, 3.63) is 57.5 Å². The topological polar surface area (TPSA) is 55.0 Å². The number of hydrogen-bond donors (Lipinski definition) is 1. The molecule has 2 aromatic rings. The van der Waals surface area contributed by atoms with E-state index >= 15 is 0 Å². The molecule has 0 aliphatic heterocycles. The molecule has 1 heterocycles. The Balaban J connectivity index is 2.10. The third-order valence-electron chi connectivity index (χ3n) is 1.98. The average molecular weight is 255 g/mol. The summed E-state index contributed by atoms with van der Waals surface area (Å²) in [4.78, 5) is 17.3. The summed E-state index contributed by atoms with van der Waals surface area (Å²) < 4.78 is 18.5. The molecule has 2 rings (SSSR count). The van der Waals surface area contributed by atoms with Gasteiger partial charge in [-0.15, -0.1) is 0 Å². The van der Waals surface area contributed by atoms with Crippen LogP contribution in [0.2, 0.25) is 5.02 Å². The molecule has 4 nitrogen and oxygen atoms in total.